The second-order valence-corrected chi connectivity index (χ2v) is 7.04. The smallest absolute Gasteiger partial charge is 0.0720 e. The minimum absolute atomic E-state index is 0.0476. The Morgan fingerprint density at radius 2 is 1.50 bits per heavy atom. The second-order valence-electron chi connectivity index (χ2n) is 7.04. The molecule has 100 valence electrons. The third-order valence-electron chi connectivity index (χ3n) is 4.11. The number of aliphatic hydroxyl groups is 2. The van der Waals surface area contributed by atoms with Crippen LogP contribution in [0.3, 0.4) is 0 Å². The summed E-state index contributed by atoms with van der Waals surface area (Å²) in [5, 5.41) is 21.1. The van der Waals surface area contributed by atoms with E-state index in [2.05, 4.69) is 26.0 Å². The lowest BCUT2D eigenvalue weighted by atomic mass is 9.55. The quantitative estimate of drug-likeness (QED) is 0.801. The van der Waals surface area contributed by atoms with Crippen molar-refractivity contribution in [3.63, 3.8) is 0 Å². The van der Waals surface area contributed by atoms with Gasteiger partial charge >= 0.3 is 0 Å². The average Bonchev–Trinajstić information content (AvgIpc) is 2.12. The minimum Gasteiger partial charge on any atom is -0.390 e. The lowest BCUT2D eigenvalue weighted by Gasteiger charge is -2.53. The molecule has 1 fully saturated rings. The summed E-state index contributed by atoms with van der Waals surface area (Å²) in [6.45, 7) is 7.93. The van der Waals surface area contributed by atoms with Crippen LogP contribution in [-0.4, -0.2) is 21.4 Å². The largest absolute Gasteiger partial charge is 0.390 e. The molecule has 0 bridgehead atoms. The van der Waals surface area contributed by atoms with E-state index in [9.17, 15) is 10.2 Å². The zero-order valence-electron chi connectivity index (χ0n) is 11.8. The first-order valence-electron chi connectivity index (χ1n) is 6.64. The lowest BCUT2D eigenvalue weighted by molar-refractivity contribution is -0.139. The Bertz CT molecular complexity index is 398. The van der Waals surface area contributed by atoms with Gasteiger partial charge in [0.1, 0.15) is 0 Å². The molecule has 3 atom stereocenters. The summed E-state index contributed by atoms with van der Waals surface area (Å²) in [5.74, 6) is 0.0476. The van der Waals surface area contributed by atoms with Crippen LogP contribution < -0.4 is 0 Å². The van der Waals surface area contributed by atoms with Crippen LogP contribution >= 0.6 is 0 Å². The predicted molar refractivity (Wildman–Crippen MR) is 73.4 cm³/mol. The zero-order valence-corrected chi connectivity index (χ0v) is 11.8. The number of hydrogen-bond acceptors (Lipinski definition) is 2. The van der Waals surface area contributed by atoms with E-state index in [1.54, 1.807) is 0 Å². The molecule has 3 unspecified atom stereocenters. The molecule has 0 aliphatic heterocycles. The molecule has 2 rings (SSSR count). The summed E-state index contributed by atoms with van der Waals surface area (Å²) in [6.07, 6.45) is 1.12. The Morgan fingerprint density at radius 3 is 2.00 bits per heavy atom. The monoisotopic (exact) mass is 248 g/mol. The van der Waals surface area contributed by atoms with Gasteiger partial charge in [-0.1, -0.05) is 44.2 Å². The van der Waals surface area contributed by atoms with Crippen molar-refractivity contribution in [2.24, 2.45) is 5.41 Å². The van der Waals surface area contributed by atoms with Crippen LogP contribution in [-0.2, 0) is 0 Å². The van der Waals surface area contributed by atoms with E-state index in [1.807, 2.05) is 32.0 Å². The van der Waals surface area contributed by atoms with Crippen LogP contribution in [0.1, 0.15) is 52.0 Å². The van der Waals surface area contributed by atoms with Gasteiger partial charge in [0.2, 0.25) is 0 Å². The maximum absolute atomic E-state index is 10.8. The molecule has 0 amide bonds. The van der Waals surface area contributed by atoms with Gasteiger partial charge < -0.3 is 10.2 Å². The third kappa shape index (κ3) is 2.45. The van der Waals surface area contributed by atoms with E-state index in [4.69, 9.17) is 0 Å². The van der Waals surface area contributed by atoms with Gasteiger partial charge in [-0.3, -0.25) is 0 Å². The van der Waals surface area contributed by atoms with Gasteiger partial charge in [-0.15, -0.1) is 0 Å². The number of benzene rings is 1. The summed E-state index contributed by atoms with van der Waals surface area (Å²) in [5.41, 5.74) is -0.652. The Hall–Kier alpha value is -0.860. The van der Waals surface area contributed by atoms with E-state index in [0.717, 1.165) is 5.56 Å². The van der Waals surface area contributed by atoms with E-state index in [-0.39, 0.29) is 11.3 Å². The molecule has 0 heterocycles. The Morgan fingerprint density at radius 1 is 0.944 bits per heavy atom. The fraction of sp³-hybridized carbons (Fsp3) is 0.625. The van der Waals surface area contributed by atoms with Gasteiger partial charge in [0, 0.05) is 12.3 Å². The molecule has 2 heteroatoms. The van der Waals surface area contributed by atoms with Gasteiger partial charge in [0.05, 0.1) is 11.2 Å². The van der Waals surface area contributed by atoms with Crippen molar-refractivity contribution >= 4 is 0 Å². The Kier molecular flexibility index (Phi) is 3.07. The summed E-state index contributed by atoms with van der Waals surface area (Å²) in [7, 11) is 0. The van der Waals surface area contributed by atoms with Crippen LogP contribution in [0.15, 0.2) is 30.3 Å². The molecular weight excluding hydrogens is 224 g/mol. The van der Waals surface area contributed by atoms with E-state index in [1.165, 1.54) is 0 Å². The highest BCUT2D eigenvalue weighted by Crippen LogP contribution is 2.54. The van der Waals surface area contributed by atoms with Crippen LogP contribution in [0.5, 0.6) is 0 Å². The first-order valence-corrected chi connectivity index (χ1v) is 6.64. The Balaban J connectivity index is 2.45. The standard InChI is InChI=1S/C16H24O2/c1-14(2)10-15(3,17)11-16(4,18)13(14)12-8-6-5-7-9-12/h5-9,13,17-18H,10-11H2,1-4H3. The molecule has 2 nitrogen and oxygen atoms in total. The van der Waals surface area contributed by atoms with E-state index >= 15 is 0 Å². The molecule has 1 aromatic rings. The molecule has 1 aliphatic carbocycles. The van der Waals surface area contributed by atoms with Crippen molar-refractivity contribution in [2.45, 2.75) is 57.7 Å². The van der Waals surface area contributed by atoms with Crippen molar-refractivity contribution in [1.82, 2.24) is 0 Å². The van der Waals surface area contributed by atoms with Gasteiger partial charge in [-0.2, -0.15) is 0 Å². The van der Waals surface area contributed by atoms with Crippen molar-refractivity contribution in [1.29, 1.82) is 0 Å². The minimum atomic E-state index is -0.882. The fourth-order valence-electron chi connectivity index (χ4n) is 4.32. The van der Waals surface area contributed by atoms with Crippen molar-refractivity contribution in [3.05, 3.63) is 35.9 Å². The van der Waals surface area contributed by atoms with Gasteiger partial charge in [-0.05, 0) is 31.2 Å². The van der Waals surface area contributed by atoms with Crippen LogP contribution in [0.25, 0.3) is 0 Å². The first-order chi connectivity index (χ1) is 8.14. The molecule has 1 aliphatic rings. The van der Waals surface area contributed by atoms with Gasteiger partial charge in [0.15, 0.2) is 0 Å². The fourth-order valence-corrected chi connectivity index (χ4v) is 4.32. The zero-order chi connectivity index (χ0) is 13.6. The van der Waals surface area contributed by atoms with E-state index in [0.29, 0.717) is 12.8 Å². The van der Waals surface area contributed by atoms with Gasteiger partial charge in [0.25, 0.3) is 0 Å². The highest BCUT2D eigenvalue weighted by atomic mass is 16.3. The van der Waals surface area contributed by atoms with Crippen LogP contribution in [0.4, 0.5) is 0 Å². The molecule has 1 saturated carbocycles. The molecule has 18 heavy (non-hydrogen) atoms. The summed E-state index contributed by atoms with van der Waals surface area (Å²) in [4.78, 5) is 0. The lowest BCUT2D eigenvalue weighted by Crippen LogP contribution is -2.54. The summed E-state index contributed by atoms with van der Waals surface area (Å²) in [6, 6.07) is 10.1. The summed E-state index contributed by atoms with van der Waals surface area (Å²) >= 11 is 0. The van der Waals surface area contributed by atoms with Crippen LogP contribution in [0, 0.1) is 5.41 Å². The molecule has 0 aromatic heterocycles. The van der Waals surface area contributed by atoms with Gasteiger partial charge in [-0.25, -0.2) is 0 Å². The van der Waals surface area contributed by atoms with E-state index < -0.39 is 11.2 Å². The SMILES string of the molecule is CC1(O)CC(C)(C)C(c2ccccc2)C(C)(O)C1. The third-order valence-corrected chi connectivity index (χ3v) is 4.11. The number of rotatable bonds is 1. The molecule has 2 N–H and O–H groups in total. The van der Waals surface area contributed by atoms with Crippen LogP contribution in [0.2, 0.25) is 0 Å². The number of hydrogen-bond donors (Lipinski definition) is 2. The maximum atomic E-state index is 10.8. The van der Waals surface area contributed by atoms with Crippen molar-refractivity contribution in [3.8, 4) is 0 Å². The van der Waals surface area contributed by atoms with Crippen molar-refractivity contribution < 1.29 is 10.2 Å². The topological polar surface area (TPSA) is 40.5 Å². The predicted octanol–water partition coefficient (Wildman–Crippen LogP) is 3.09. The second kappa shape index (κ2) is 4.07. The normalized spacial score (nSPS) is 39.6. The highest BCUT2D eigenvalue weighted by molar-refractivity contribution is 5.27. The molecule has 0 saturated heterocycles. The summed E-state index contributed by atoms with van der Waals surface area (Å²) < 4.78 is 0. The first kappa shape index (κ1) is 13.6. The van der Waals surface area contributed by atoms with Crippen molar-refractivity contribution in [2.75, 3.05) is 0 Å². The average molecular weight is 248 g/mol. The molecule has 0 radical (unpaired) electrons. The maximum Gasteiger partial charge on any atom is 0.0720 e. The highest BCUT2D eigenvalue weighted by Gasteiger charge is 2.53. The molecular formula is C16H24O2. The molecule has 1 aromatic carbocycles. The Labute approximate surface area is 110 Å². The molecule has 0 spiro atoms.